The van der Waals surface area contributed by atoms with Crippen molar-refractivity contribution in [3.63, 3.8) is 0 Å². The maximum absolute atomic E-state index is 12.0. The fourth-order valence-electron chi connectivity index (χ4n) is 2.87. The van der Waals surface area contributed by atoms with Gasteiger partial charge in [-0.1, -0.05) is 26.7 Å². The van der Waals surface area contributed by atoms with Crippen molar-refractivity contribution in [3.05, 3.63) is 29.8 Å². The second kappa shape index (κ2) is 7.97. The lowest BCUT2D eigenvalue weighted by Crippen LogP contribution is -2.43. The average Bonchev–Trinajstić information content (AvgIpc) is 2.55. The minimum Gasteiger partial charge on any atom is -0.484 e. The Labute approximate surface area is 132 Å². The van der Waals surface area contributed by atoms with Crippen LogP contribution >= 0.6 is 0 Å². The summed E-state index contributed by atoms with van der Waals surface area (Å²) in [6.45, 7) is 4.04. The number of benzene rings is 1. The fourth-order valence-corrected chi connectivity index (χ4v) is 2.87. The van der Waals surface area contributed by atoms with E-state index in [-0.39, 0.29) is 24.3 Å². The molecule has 2 atom stereocenters. The molecule has 120 valence electrons. The molecule has 0 radical (unpaired) electrons. The molecule has 1 aliphatic rings. The normalized spacial score (nSPS) is 21.2. The molecule has 0 heterocycles. The van der Waals surface area contributed by atoms with Crippen LogP contribution in [0.25, 0.3) is 0 Å². The maximum Gasteiger partial charge on any atom is 0.258 e. The lowest BCUT2D eigenvalue weighted by Gasteiger charge is -2.29. The first-order valence-corrected chi connectivity index (χ1v) is 8.15. The van der Waals surface area contributed by atoms with Crippen LogP contribution in [0.1, 0.15) is 56.3 Å². The van der Waals surface area contributed by atoms with Crippen molar-refractivity contribution in [2.75, 3.05) is 6.61 Å². The molecule has 1 aromatic carbocycles. The fraction of sp³-hybridized carbons (Fsp3) is 0.556. The van der Waals surface area contributed by atoms with Gasteiger partial charge in [0.25, 0.3) is 5.91 Å². The van der Waals surface area contributed by atoms with Gasteiger partial charge in [0, 0.05) is 18.0 Å². The molecule has 1 N–H and O–H groups in total. The number of ether oxygens (including phenoxy) is 1. The first kappa shape index (κ1) is 16.5. The van der Waals surface area contributed by atoms with Gasteiger partial charge in [0.2, 0.25) is 0 Å². The van der Waals surface area contributed by atoms with Gasteiger partial charge in [0.1, 0.15) is 5.75 Å². The molecule has 0 aliphatic heterocycles. The number of amides is 1. The van der Waals surface area contributed by atoms with E-state index in [9.17, 15) is 9.59 Å². The van der Waals surface area contributed by atoms with Crippen LogP contribution in [0.3, 0.4) is 0 Å². The highest BCUT2D eigenvalue weighted by molar-refractivity contribution is 5.95. The first-order chi connectivity index (χ1) is 10.6. The van der Waals surface area contributed by atoms with Gasteiger partial charge < -0.3 is 10.1 Å². The van der Waals surface area contributed by atoms with Gasteiger partial charge in [-0.2, -0.15) is 0 Å². The minimum absolute atomic E-state index is 0.0181. The second-order valence-corrected chi connectivity index (χ2v) is 6.03. The zero-order valence-corrected chi connectivity index (χ0v) is 13.4. The van der Waals surface area contributed by atoms with Crippen molar-refractivity contribution in [1.82, 2.24) is 5.32 Å². The Bertz CT molecular complexity index is 510. The largest absolute Gasteiger partial charge is 0.484 e. The number of hydrogen-bond acceptors (Lipinski definition) is 3. The Hall–Kier alpha value is -1.84. The van der Waals surface area contributed by atoms with Gasteiger partial charge in [-0.15, -0.1) is 0 Å². The number of hydrogen-bond donors (Lipinski definition) is 1. The summed E-state index contributed by atoms with van der Waals surface area (Å²) in [6.07, 6.45) is 5.16. The van der Waals surface area contributed by atoms with Gasteiger partial charge in [-0.05, 0) is 43.0 Å². The van der Waals surface area contributed by atoms with E-state index in [0.29, 0.717) is 23.7 Å². The Morgan fingerprint density at radius 2 is 1.86 bits per heavy atom. The summed E-state index contributed by atoms with van der Waals surface area (Å²) >= 11 is 0. The van der Waals surface area contributed by atoms with Gasteiger partial charge in [-0.25, -0.2) is 0 Å². The number of carbonyl (C=O) groups is 2. The van der Waals surface area contributed by atoms with Crippen LogP contribution in [-0.4, -0.2) is 24.3 Å². The highest BCUT2D eigenvalue weighted by Gasteiger charge is 2.22. The van der Waals surface area contributed by atoms with Crippen LogP contribution < -0.4 is 10.1 Å². The molecule has 1 aliphatic carbocycles. The van der Waals surface area contributed by atoms with Crippen LogP contribution in [0, 0.1) is 5.92 Å². The van der Waals surface area contributed by atoms with E-state index in [1.807, 2.05) is 6.92 Å². The molecule has 0 spiro atoms. The van der Waals surface area contributed by atoms with Crippen molar-refractivity contribution < 1.29 is 14.3 Å². The smallest absolute Gasteiger partial charge is 0.258 e. The highest BCUT2D eigenvalue weighted by Crippen LogP contribution is 2.23. The van der Waals surface area contributed by atoms with Gasteiger partial charge >= 0.3 is 0 Å². The summed E-state index contributed by atoms with van der Waals surface area (Å²) in [5, 5.41) is 3.06. The molecule has 4 nitrogen and oxygen atoms in total. The number of carbonyl (C=O) groups excluding carboxylic acids is 2. The molecule has 1 saturated carbocycles. The summed E-state index contributed by atoms with van der Waals surface area (Å²) in [5.41, 5.74) is 0.676. The van der Waals surface area contributed by atoms with E-state index in [0.717, 1.165) is 6.42 Å². The van der Waals surface area contributed by atoms with Crippen molar-refractivity contribution in [2.24, 2.45) is 5.92 Å². The van der Waals surface area contributed by atoms with E-state index in [4.69, 9.17) is 4.74 Å². The summed E-state index contributed by atoms with van der Waals surface area (Å²) in [5.74, 6) is 1.18. The number of rotatable bonds is 6. The molecule has 0 aromatic heterocycles. The number of Topliss-reactive ketones (excluding diaryl/α,β-unsaturated/α-hetero) is 1. The van der Waals surface area contributed by atoms with Gasteiger partial charge in [-0.3, -0.25) is 9.59 Å². The molecule has 0 bridgehead atoms. The van der Waals surface area contributed by atoms with E-state index in [2.05, 4.69) is 12.2 Å². The molecule has 0 unspecified atom stereocenters. The zero-order valence-electron chi connectivity index (χ0n) is 13.4. The third-order valence-electron chi connectivity index (χ3n) is 4.33. The molecule has 2 rings (SSSR count). The third kappa shape index (κ3) is 4.58. The minimum atomic E-state index is -0.0764. The second-order valence-electron chi connectivity index (χ2n) is 6.03. The monoisotopic (exact) mass is 303 g/mol. The summed E-state index contributed by atoms with van der Waals surface area (Å²) in [4.78, 5) is 23.5. The molecule has 1 aromatic rings. The molecule has 4 heteroatoms. The standard InChI is InChI=1S/C18H25NO3/c1-3-17(20)14-8-10-15(11-9-14)22-12-18(21)19-16-7-5-4-6-13(16)2/h8-11,13,16H,3-7,12H2,1-2H3,(H,19,21)/t13-,16-/m1/s1. The Balaban J connectivity index is 1.79. The summed E-state index contributed by atoms with van der Waals surface area (Å²) < 4.78 is 5.49. The van der Waals surface area contributed by atoms with Gasteiger partial charge in [0.05, 0.1) is 0 Å². The highest BCUT2D eigenvalue weighted by atomic mass is 16.5. The van der Waals surface area contributed by atoms with Gasteiger partial charge in [0.15, 0.2) is 12.4 Å². The molecule has 1 fully saturated rings. The topological polar surface area (TPSA) is 55.4 Å². The Morgan fingerprint density at radius 3 is 2.50 bits per heavy atom. The predicted molar refractivity (Wildman–Crippen MR) is 86.1 cm³/mol. The van der Waals surface area contributed by atoms with E-state index < -0.39 is 0 Å². The number of ketones is 1. The molecular weight excluding hydrogens is 278 g/mol. The van der Waals surface area contributed by atoms with Crippen molar-refractivity contribution in [3.8, 4) is 5.75 Å². The first-order valence-electron chi connectivity index (χ1n) is 8.15. The average molecular weight is 303 g/mol. The summed E-state index contributed by atoms with van der Waals surface area (Å²) in [6, 6.07) is 7.22. The van der Waals surface area contributed by atoms with Crippen LogP contribution in [0.4, 0.5) is 0 Å². The van der Waals surface area contributed by atoms with E-state index in [1.54, 1.807) is 24.3 Å². The van der Waals surface area contributed by atoms with E-state index >= 15 is 0 Å². The van der Waals surface area contributed by atoms with Crippen LogP contribution in [0.5, 0.6) is 5.75 Å². The maximum atomic E-state index is 12.0. The SMILES string of the molecule is CCC(=O)c1ccc(OCC(=O)N[C@@H]2CCCC[C@H]2C)cc1. The Morgan fingerprint density at radius 1 is 1.18 bits per heavy atom. The van der Waals surface area contributed by atoms with Crippen molar-refractivity contribution >= 4 is 11.7 Å². The molecule has 0 saturated heterocycles. The van der Waals surface area contributed by atoms with Crippen LogP contribution in [0.15, 0.2) is 24.3 Å². The third-order valence-corrected chi connectivity index (χ3v) is 4.33. The Kier molecular flexibility index (Phi) is 5.99. The van der Waals surface area contributed by atoms with Crippen LogP contribution in [-0.2, 0) is 4.79 Å². The van der Waals surface area contributed by atoms with Crippen molar-refractivity contribution in [2.45, 2.75) is 52.0 Å². The molecule has 1 amide bonds. The quantitative estimate of drug-likeness (QED) is 0.820. The molecular formula is C18H25NO3. The van der Waals surface area contributed by atoms with Crippen molar-refractivity contribution in [1.29, 1.82) is 0 Å². The summed E-state index contributed by atoms with van der Waals surface area (Å²) in [7, 11) is 0. The zero-order chi connectivity index (χ0) is 15.9. The predicted octanol–water partition coefficient (Wildman–Crippen LogP) is 3.35. The van der Waals surface area contributed by atoms with Crippen LogP contribution in [0.2, 0.25) is 0 Å². The number of nitrogens with one attached hydrogen (secondary N) is 1. The molecule has 22 heavy (non-hydrogen) atoms. The lowest BCUT2D eigenvalue weighted by molar-refractivity contribution is -0.124. The van der Waals surface area contributed by atoms with E-state index in [1.165, 1.54) is 19.3 Å². The lowest BCUT2D eigenvalue weighted by atomic mass is 9.86.